The number of hydrogen-bond acceptors (Lipinski definition) is 5. The third-order valence-corrected chi connectivity index (χ3v) is 6.54. The minimum atomic E-state index is -0.820. The molecule has 1 saturated carbocycles. The average Bonchev–Trinajstić information content (AvgIpc) is 3.27. The summed E-state index contributed by atoms with van der Waals surface area (Å²) in [7, 11) is 0. The first-order valence-electron chi connectivity index (χ1n) is 9.28. The van der Waals surface area contributed by atoms with E-state index in [1.807, 2.05) is 0 Å². The van der Waals surface area contributed by atoms with Gasteiger partial charge >= 0.3 is 5.97 Å². The summed E-state index contributed by atoms with van der Waals surface area (Å²) in [6.45, 7) is 0. The number of thioether (sulfide) groups is 1. The third-order valence-electron chi connectivity index (χ3n) is 5.21. The van der Waals surface area contributed by atoms with Crippen LogP contribution in [0.3, 0.4) is 0 Å². The summed E-state index contributed by atoms with van der Waals surface area (Å²) in [6.07, 6.45) is 4.21. The molecular weight excluding hydrogens is 413 g/mol. The number of carbonyl (C=O) groups excluding carboxylic acids is 1. The predicted molar refractivity (Wildman–Crippen MR) is 112 cm³/mol. The molecule has 150 valence electrons. The zero-order valence-electron chi connectivity index (χ0n) is 15.3. The highest BCUT2D eigenvalue weighted by molar-refractivity contribution is 8.26. The Balaban J connectivity index is 1.52. The van der Waals surface area contributed by atoms with E-state index < -0.39 is 11.9 Å². The summed E-state index contributed by atoms with van der Waals surface area (Å²) in [5.74, 6) is -0.724. The maximum absolute atomic E-state index is 13.1. The van der Waals surface area contributed by atoms with Crippen molar-refractivity contribution in [2.75, 3.05) is 0 Å². The van der Waals surface area contributed by atoms with Gasteiger partial charge in [0.1, 0.15) is 21.7 Å². The van der Waals surface area contributed by atoms with Gasteiger partial charge in [-0.05, 0) is 55.7 Å². The second kappa shape index (κ2) is 8.12. The van der Waals surface area contributed by atoms with Gasteiger partial charge in [0.05, 0.1) is 10.8 Å². The number of hydrogen-bond donors (Lipinski definition) is 1. The summed E-state index contributed by atoms with van der Waals surface area (Å²) < 4.78 is 19.3. The number of nitrogens with zero attached hydrogens (tertiary/aromatic N) is 1. The molecule has 0 spiro atoms. The van der Waals surface area contributed by atoms with E-state index in [9.17, 15) is 19.1 Å². The van der Waals surface area contributed by atoms with Gasteiger partial charge in [0, 0.05) is 17.7 Å². The van der Waals surface area contributed by atoms with Crippen molar-refractivity contribution in [1.29, 1.82) is 0 Å². The molecule has 29 heavy (non-hydrogen) atoms. The highest BCUT2D eigenvalue weighted by Gasteiger charge is 2.40. The number of carbonyl (C=O) groups is 2. The van der Waals surface area contributed by atoms with Crippen molar-refractivity contribution in [1.82, 2.24) is 4.90 Å². The molecule has 1 aliphatic heterocycles. The van der Waals surface area contributed by atoms with Crippen molar-refractivity contribution in [3.63, 3.8) is 0 Å². The number of carboxylic acid groups (broad SMARTS) is 1. The number of benzene rings is 1. The van der Waals surface area contributed by atoms with Crippen LogP contribution in [0.1, 0.15) is 31.4 Å². The van der Waals surface area contributed by atoms with Crippen LogP contribution in [-0.2, 0) is 9.59 Å². The van der Waals surface area contributed by atoms with Crippen molar-refractivity contribution >= 4 is 46.3 Å². The van der Waals surface area contributed by atoms with Crippen molar-refractivity contribution in [3.05, 3.63) is 52.9 Å². The summed E-state index contributed by atoms with van der Waals surface area (Å²) in [6, 6.07) is 9.28. The molecule has 1 saturated heterocycles. The average molecular weight is 432 g/mol. The lowest BCUT2D eigenvalue weighted by Gasteiger charge is -2.32. The Hall–Kier alpha value is -2.45. The molecule has 0 radical (unpaired) electrons. The van der Waals surface area contributed by atoms with E-state index in [4.69, 9.17) is 16.6 Å². The number of thiocarbonyl (C=S) groups is 1. The first-order chi connectivity index (χ1) is 13.9. The third kappa shape index (κ3) is 4.13. The number of halogens is 1. The molecule has 2 heterocycles. The largest absolute Gasteiger partial charge is 0.481 e. The van der Waals surface area contributed by atoms with E-state index in [1.54, 1.807) is 35.2 Å². The first kappa shape index (κ1) is 19.8. The Morgan fingerprint density at radius 3 is 2.72 bits per heavy atom. The molecule has 1 aliphatic carbocycles. The smallest absolute Gasteiger partial charge is 0.306 e. The fourth-order valence-corrected chi connectivity index (χ4v) is 5.13. The molecule has 2 fully saturated rings. The zero-order chi connectivity index (χ0) is 20.5. The fraction of sp³-hybridized carbons (Fsp3) is 0.286. The summed E-state index contributed by atoms with van der Waals surface area (Å²) >= 11 is 6.60. The minimum Gasteiger partial charge on any atom is -0.481 e. The maximum atomic E-state index is 13.1. The summed E-state index contributed by atoms with van der Waals surface area (Å²) in [4.78, 5) is 26.3. The minimum absolute atomic E-state index is 0.186. The van der Waals surface area contributed by atoms with E-state index >= 15 is 0 Å². The Labute approximate surface area is 176 Å². The monoisotopic (exact) mass is 431 g/mol. The topological polar surface area (TPSA) is 70.8 Å². The quantitative estimate of drug-likeness (QED) is 0.547. The van der Waals surface area contributed by atoms with E-state index in [1.165, 1.54) is 23.9 Å². The number of amides is 1. The molecule has 5 nitrogen and oxygen atoms in total. The van der Waals surface area contributed by atoms with Gasteiger partial charge in [0.2, 0.25) is 0 Å². The van der Waals surface area contributed by atoms with Gasteiger partial charge in [-0.3, -0.25) is 14.5 Å². The second-order valence-corrected chi connectivity index (χ2v) is 8.79. The SMILES string of the molecule is O=C(O)C1CCCC(N2C(=O)/C(=C\c3ccc(-c4ccc(F)cc4)o3)SC2=S)C1. The second-order valence-electron chi connectivity index (χ2n) is 7.12. The van der Waals surface area contributed by atoms with Crippen molar-refractivity contribution < 1.29 is 23.5 Å². The van der Waals surface area contributed by atoms with Gasteiger partial charge in [0.25, 0.3) is 5.91 Å². The lowest BCUT2D eigenvalue weighted by molar-refractivity contribution is -0.144. The first-order valence-corrected chi connectivity index (χ1v) is 10.5. The molecule has 8 heteroatoms. The highest BCUT2D eigenvalue weighted by Crippen LogP contribution is 2.39. The Morgan fingerprint density at radius 1 is 1.24 bits per heavy atom. The molecule has 1 N–H and O–H groups in total. The highest BCUT2D eigenvalue weighted by atomic mass is 32.2. The zero-order valence-corrected chi connectivity index (χ0v) is 17.0. The molecule has 4 rings (SSSR count). The van der Waals surface area contributed by atoms with Gasteiger partial charge in [-0.15, -0.1) is 0 Å². The van der Waals surface area contributed by atoms with Gasteiger partial charge in [-0.2, -0.15) is 0 Å². The molecule has 1 aromatic heterocycles. The van der Waals surface area contributed by atoms with E-state index in [0.29, 0.717) is 33.6 Å². The van der Waals surface area contributed by atoms with Crippen LogP contribution in [0.2, 0.25) is 0 Å². The Morgan fingerprint density at radius 2 is 2.00 bits per heavy atom. The van der Waals surface area contributed by atoms with Crippen molar-refractivity contribution in [3.8, 4) is 11.3 Å². The molecule has 1 amide bonds. The van der Waals surface area contributed by atoms with Crippen LogP contribution >= 0.6 is 24.0 Å². The van der Waals surface area contributed by atoms with Crippen LogP contribution < -0.4 is 0 Å². The maximum Gasteiger partial charge on any atom is 0.306 e. The van der Waals surface area contributed by atoms with E-state index in [2.05, 4.69) is 0 Å². The standard InChI is InChI=1S/C21H18FNO4S2/c22-14-6-4-12(5-7-14)17-9-8-16(27-17)11-18-19(24)23(21(28)29-18)15-3-1-2-13(10-15)20(25)26/h4-9,11,13,15H,1-3,10H2,(H,25,26)/b18-11+. The van der Waals surface area contributed by atoms with E-state index in [0.717, 1.165) is 18.4 Å². The van der Waals surface area contributed by atoms with Crippen LogP contribution in [0.25, 0.3) is 17.4 Å². The molecule has 2 aromatic rings. The number of furan rings is 1. The normalized spacial score (nSPS) is 23.8. The summed E-state index contributed by atoms with van der Waals surface area (Å²) in [5.41, 5.74) is 0.737. The lowest BCUT2D eigenvalue weighted by atomic mass is 9.85. The van der Waals surface area contributed by atoms with Crippen molar-refractivity contribution in [2.24, 2.45) is 5.92 Å². The summed E-state index contributed by atoms with van der Waals surface area (Å²) in [5, 5.41) is 9.30. The number of rotatable bonds is 4. The molecule has 0 bridgehead atoms. The molecule has 2 unspecified atom stereocenters. The molecule has 2 atom stereocenters. The number of aliphatic carboxylic acids is 1. The van der Waals surface area contributed by atoms with Gasteiger partial charge in [-0.1, -0.05) is 30.4 Å². The van der Waals surface area contributed by atoms with Crippen LogP contribution in [-0.4, -0.2) is 32.2 Å². The van der Waals surface area contributed by atoms with Gasteiger partial charge in [0.15, 0.2) is 0 Å². The number of carboxylic acids is 1. The van der Waals surface area contributed by atoms with Gasteiger partial charge in [-0.25, -0.2) is 4.39 Å². The predicted octanol–water partition coefficient (Wildman–Crippen LogP) is 4.93. The van der Waals surface area contributed by atoms with Crippen molar-refractivity contribution in [2.45, 2.75) is 31.7 Å². The van der Waals surface area contributed by atoms with Crippen LogP contribution in [0, 0.1) is 11.7 Å². The van der Waals surface area contributed by atoms with Crippen LogP contribution in [0.15, 0.2) is 45.7 Å². The molecule has 1 aromatic carbocycles. The molecular formula is C21H18FNO4S2. The van der Waals surface area contributed by atoms with Gasteiger partial charge < -0.3 is 9.52 Å². The van der Waals surface area contributed by atoms with E-state index in [-0.39, 0.29) is 17.8 Å². The van der Waals surface area contributed by atoms with Crippen LogP contribution in [0.4, 0.5) is 4.39 Å². The van der Waals surface area contributed by atoms with Crippen LogP contribution in [0.5, 0.6) is 0 Å². The lowest BCUT2D eigenvalue weighted by Crippen LogP contribution is -2.42. The Kier molecular flexibility index (Phi) is 5.56. The Bertz CT molecular complexity index is 998. The molecule has 2 aliphatic rings. The fourth-order valence-electron chi connectivity index (χ4n) is 3.75.